The fourth-order valence-electron chi connectivity index (χ4n) is 4.46. The van der Waals surface area contributed by atoms with Gasteiger partial charge in [0.25, 0.3) is 0 Å². The van der Waals surface area contributed by atoms with Crippen LogP contribution >= 0.6 is 0 Å². The molecule has 0 spiro atoms. The Balaban J connectivity index is 1.21. The smallest absolute Gasteiger partial charge is 0.248 e. The predicted octanol–water partition coefficient (Wildman–Crippen LogP) is 2.20. The number of carbonyl (C=O) groups is 1. The second-order valence-corrected chi connectivity index (χ2v) is 8.60. The van der Waals surface area contributed by atoms with Gasteiger partial charge in [-0.15, -0.1) is 0 Å². The molecule has 1 unspecified atom stereocenters. The number of amides is 1. The van der Waals surface area contributed by atoms with Crippen molar-refractivity contribution in [2.24, 2.45) is 0 Å². The first kappa shape index (κ1) is 21.8. The third-order valence-electron chi connectivity index (χ3n) is 6.36. The van der Waals surface area contributed by atoms with Gasteiger partial charge in [-0.2, -0.15) is 0 Å². The van der Waals surface area contributed by atoms with E-state index in [1.165, 1.54) is 5.56 Å². The zero-order chi connectivity index (χ0) is 22.6. The fourth-order valence-corrected chi connectivity index (χ4v) is 4.46. The van der Waals surface area contributed by atoms with E-state index in [-0.39, 0.29) is 5.91 Å². The van der Waals surface area contributed by atoms with Gasteiger partial charge >= 0.3 is 0 Å². The van der Waals surface area contributed by atoms with Crippen molar-refractivity contribution in [1.82, 2.24) is 25.6 Å². The summed E-state index contributed by atoms with van der Waals surface area (Å²) in [6.45, 7) is 4.35. The molecule has 8 heteroatoms. The van der Waals surface area contributed by atoms with Gasteiger partial charge in [-0.05, 0) is 46.5 Å². The van der Waals surface area contributed by atoms with Crippen LogP contribution in [0.25, 0.3) is 10.8 Å². The van der Waals surface area contributed by atoms with Gasteiger partial charge in [-0.3, -0.25) is 20.5 Å². The van der Waals surface area contributed by atoms with E-state index in [0.717, 1.165) is 54.7 Å². The molecule has 33 heavy (non-hydrogen) atoms. The van der Waals surface area contributed by atoms with Crippen LogP contribution in [-0.2, 0) is 11.3 Å². The highest BCUT2D eigenvalue weighted by Gasteiger charge is 2.20. The molecule has 1 atom stereocenters. The number of hydrazine groups is 1. The molecule has 0 bridgehead atoms. The highest BCUT2D eigenvalue weighted by Crippen LogP contribution is 2.27. The molecule has 2 aliphatic heterocycles. The molecule has 2 saturated heterocycles. The average molecular weight is 448 g/mol. The quantitative estimate of drug-likeness (QED) is 0.534. The molecule has 0 aliphatic carbocycles. The van der Waals surface area contributed by atoms with Crippen molar-refractivity contribution in [2.75, 3.05) is 39.3 Å². The highest BCUT2D eigenvalue weighted by atomic mass is 16.5. The number of nitrogens with one attached hydrogen (secondary N) is 2. The normalized spacial score (nSPS) is 19.2. The van der Waals surface area contributed by atoms with Gasteiger partial charge in [0.2, 0.25) is 11.8 Å². The van der Waals surface area contributed by atoms with Gasteiger partial charge in [-0.25, -0.2) is 4.98 Å². The molecule has 2 aliphatic rings. The van der Waals surface area contributed by atoms with E-state index in [2.05, 4.69) is 51.1 Å². The van der Waals surface area contributed by atoms with Crippen LogP contribution in [0.4, 0.5) is 0 Å². The standard InChI is InChI=1S/C25H29N5O3/c31-17-25(32)30-11-9-29(10-12-30)16-18-1-2-20-14-22(5-3-19(20)13-18)33-24-6-4-21(15-26-24)23-7-8-27-28-23/h1-6,13-15,23,27-28,31H,7-12,16-17H2. The summed E-state index contributed by atoms with van der Waals surface area (Å²) in [5.74, 6) is 1.16. The first-order valence-corrected chi connectivity index (χ1v) is 11.4. The van der Waals surface area contributed by atoms with E-state index in [4.69, 9.17) is 9.84 Å². The second kappa shape index (κ2) is 9.84. The summed E-state index contributed by atoms with van der Waals surface area (Å²) in [6, 6.07) is 16.8. The molecule has 2 aromatic carbocycles. The number of aliphatic hydroxyl groups excluding tert-OH is 1. The topological polar surface area (TPSA) is 90.0 Å². The van der Waals surface area contributed by atoms with E-state index < -0.39 is 6.61 Å². The van der Waals surface area contributed by atoms with Gasteiger partial charge in [0.1, 0.15) is 12.4 Å². The number of ether oxygens (including phenoxy) is 1. The minimum atomic E-state index is -0.409. The SMILES string of the molecule is O=C(CO)N1CCN(Cc2ccc3cc(Oc4ccc(C5CCNN5)cn4)ccc3c2)CC1. The average Bonchev–Trinajstić information content (AvgIpc) is 3.40. The van der Waals surface area contributed by atoms with Crippen molar-refractivity contribution in [1.29, 1.82) is 0 Å². The molecule has 5 rings (SSSR count). The van der Waals surface area contributed by atoms with E-state index in [0.29, 0.717) is 25.0 Å². The van der Waals surface area contributed by atoms with Gasteiger partial charge < -0.3 is 14.7 Å². The Hall–Kier alpha value is -3.04. The van der Waals surface area contributed by atoms with Crippen molar-refractivity contribution in [2.45, 2.75) is 19.0 Å². The van der Waals surface area contributed by atoms with Crippen LogP contribution in [0.15, 0.2) is 54.7 Å². The Kier molecular flexibility index (Phi) is 6.50. The Morgan fingerprint density at radius 1 is 1.06 bits per heavy atom. The van der Waals surface area contributed by atoms with Crippen LogP contribution < -0.4 is 15.6 Å². The summed E-state index contributed by atoms with van der Waals surface area (Å²) >= 11 is 0. The molecule has 8 nitrogen and oxygen atoms in total. The monoisotopic (exact) mass is 447 g/mol. The number of pyridine rings is 1. The largest absolute Gasteiger partial charge is 0.439 e. The lowest BCUT2D eigenvalue weighted by Crippen LogP contribution is -2.49. The number of carbonyl (C=O) groups excluding carboxylic acids is 1. The van der Waals surface area contributed by atoms with Crippen LogP contribution in [0.3, 0.4) is 0 Å². The van der Waals surface area contributed by atoms with Crippen LogP contribution in [0.1, 0.15) is 23.6 Å². The lowest BCUT2D eigenvalue weighted by Gasteiger charge is -2.34. The lowest BCUT2D eigenvalue weighted by molar-refractivity contribution is -0.135. The molecule has 0 saturated carbocycles. The molecule has 3 aromatic rings. The number of hydrogen-bond acceptors (Lipinski definition) is 7. The van der Waals surface area contributed by atoms with Crippen molar-refractivity contribution >= 4 is 16.7 Å². The maximum atomic E-state index is 11.6. The van der Waals surface area contributed by atoms with Crippen LogP contribution in [0.2, 0.25) is 0 Å². The first-order valence-electron chi connectivity index (χ1n) is 11.4. The molecule has 2 fully saturated rings. The molecule has 1 amide bonds. The minimum Gasteiger partial charge on any atom is -0.439 e. The maximum Gasteiger partial charge on any atom is 0.248 e. The van der Waals surface area contributed by atoms with Gasteiger partial charge in [0, 0.05) is 57.6 Å². The first-order chi connectivity index (χ1) is 16.2. The lowest BCUT2D eigenvalue weighted by atomic mass is 10.1. The molecule has 1 aromatic heterocycles. The predicted molar refractivity (Wildman–Crippen MR) is 126 cm³/mol. The summed E-state index contributed by atoms with van der Waals surface area (Å²) < 4.78 is 5.99. The van der Waals surface area contributed by atoms with Gasteiger partial charge in [0.15, 0.2) is 0 Å². The van der Waals surface area contributed by atoms with Crippen LogP contribution in [0, 0.1) is 0 Å². The molecule has 0 radical (unpaired) electrons. The van der Waals surface area contributed by atoms with E-state index in [1.807, 2.05) is 24.4 Å². The summed E-state index contributed by atoms with van der Waals surface area (Å²) in [5, 5.41) is 11.3. The second-order valence-electron chi connectivity index (χ2n) is 8.60. The Bertz CT molecular complexity index is 1110. The number of fused-ring (bicyclic) bond motifs is 1. The third kappa shape index (κ3) is 5.15. The Morgan fingerprint density at radius 3 is 2.61 bits per heavy atom. The summed E-state index contributed by atoms with van der Waals surface area (Å²) in [5.41, 5.74) is 8.78. The molecule has 3 heterocycles. The molecular weight excluding hydrogens is 418 g/mol. The maximum absolute atomic E-state index is 11.6. The van der Waals surface area contributed by atoms with Crippen molar-refractivity contribution in [3.05, 3.63) is 65.9 Å². The van der Waals surface area contributed by atoms with Crippen molar-refractivity contribution in [3.8, 4) is 11.6 Å². The third-order valence-corrected chi connectivity index (χ3v) is 6.36. The summed E-state index contributed by atoms with van der Waals surface area (Å²) in [6.07, 6.45) is 2.92. The van der Waals surface area contributed by atoms with Crippen LogP contribution in [-0.4, -0.2) is 65.1 Å². The van der Waals surface area contributed by atoms with E-state index in [9.17, 15) is 4.79 Å². The number of hydrogen-bond donors (Lipinski definition) is 3. The van der Waals surface area contributed by atoms with Gasteiger partial charge in [-0.1, -0.05) is 24.3 Å². The number of rotatable bonds is 6. The number of nitrogens with zero attached hydrogens (tertiary/aromatic N) is 3. The Morgan fingerprint density at radius 2 is 1.88 bits per heavy atom. The molecule has 3 N–H and O–H groups in total. The van der Waals surface area contributed by atoms with E-state index >= 15 is 0 Å². The Labute approximate surface area is 193 Å². The number of aromatic nitrogens is 1. The number of piperazine rings is 1. The summed E-state index contributed by atoms with van der Waals surface area (Å²) in [4.78, 5) is 20.2. The number of benzene rings is 2. The zero-order valence-electron chi connectivity index (χ0n) is 18.5. The van der Waals surface area contributed by atoms with Crippen molar-refractivity contribution < 1.29 is 14.6 Å². The highest BCUT2D eigenvalue weighted by molar-refractivity contribution is 5.84. The van der Waals surface area contributed by atoms with Crippen LogP contribution in [0.5, 0.6) is 11.6 Å². The summed E-state index contributed by atoms with van der Waals surface area (Å²) in [7, 11) is 0. The van der Waals surface area contributed by atoms with Gasteiger partial charge in [0.05, 0.1) is 0 Å². The molecular formula is C25H29N5O3. The minimum absolute atomic E-state index is 0.187. The number of aliphatic hydroxyl groups is 1. The zero-order valence-corrected chi connectivity index (χ0v) is 18.5. The van der Waals surface area contributed by atoms with Crippen molar-refractivity contribution in [3.63, 3.8) is 0 Å². The fraction of sp³-hybridized carbons (Fsp3) is 0.360. The van der Waals surface area contributed by atoms with E-state index in [1.54, 1.807) is 4.90 Å². The molecule has 172 valence electrons.